The van der Waals surface area contributed by atoms with Crippen LogP contribution < -0.4 is 10.1 Å². The molecule has 0 spiro atoms. The third kappa shape index (κ3) is 6.99. The number of ether oxygens (including phenoxy) is 1. The van der Waals surface area contributed by atoms with Gasteiger partial charge in [0.1, 0.15) is 5.75 Å². The largest absolute Gasteiger partial charge is 0.494 e. The highest BCUT2D eigenvalue weighted by atomic mass is 16.5. The average molecular weight is 291 g/mol. The van der Waals surface area contributed by atoms with Gasteiger partial charge in [0, 0.05) is 12.6 Å². The van der Waals surface area contributed by atoms with Crippen molar-refractivity contribution in [3.8, 4) is 5.75 Å². The molecule has 0 heterocycles. The Hall–Kier alpha value is -1.02. The molecule has 2 heteroatoms. The molecule has 1 N–H and O–H groups in total. The molecule has 0 saturated carbocycles. The van der Waals surface area contributed by atoms with Gasteiger partial charge >= 0.3 is 0 Å². The van der Waals surface area contributed by atoms with Crippen LogP contribution in [0.3, 0.4) is 0 Å². The highest BCUT2D eigenvalue weighted by Crippen LogP contribution is 2.15. The van der Waals surface area contributed by atoms with Crippen molar-refractivity contribution < 1.29 is 4.74 Å². The lowest BCUT2D eigenvalue weighted by atomic mass is 9.95. The van der Waals surface area contributed by atoms with E-state index in [1.54, 1.807) is 0 Å². The van der Waals surface area contributed by atoms with Crippen LogP contribution in [0.25, 0.3) is 0 Å². The van der Waals surface area contributed by atoms with Crippen LogP contribution in [-0.2, 0) is 6.54 Å². The maximum atomic E-state index is 5.74. The van der Waals surface area contributed by atoms with Gasteiger partial charge in [0.2, 0.25) is 0 Å². The Bertz CT molecular complexity index is 356. The molecule has 1 unspecified atom stereocenters. The van der Waals surface area contributed by atoms with Crippen LogP contribution in [0.1, 0.15) is 65.4 Å². The van der Waals surface area contributed by atoms with Gasteiger partial charge in [-0.2, -0.15) is 0 Å². The summed E-state index contributed by atoms with van der Waals surface area (Å²) in [6.07, 6.45) is 6.12. The van der Waals surface area contributed by atoms with Gasteiger partial charge < -0.3 is 10.1 Å². The molecule has 21 heavy (non-hydrogen) atoms. The molecule has 0 saturated heterocycles. The van der Waals surface area contributed by atoms with Crippen LogP contribution in [0.4, 0.5) is 0 Å². The normalized spacial score (nSPS) is 12.6. The molecular weight excluding hydrogens is 258 g/mol. The first kappa shape index (κ1) is 18.0. The van der Waals surface area contributed by atoms with Crippen molar-refractivity contribution in [1.82, 2.24) is 5.32 Å². The van der Waals surface area contributed by atoms with Gasteiger partial charge in [0.25, 0.3) is 0 Å². The number of rotatable bonds is 11. The van der Waals surface area contributed by atoms with E-state index in [-0.39, 0.29) is 0 Å². The molecule has 120 valence electrons. The molecule has 1 aromatic rings. The molecule has 0 aliphatic rings. The third-order valence-electron chi connectivity index (χ3n) is 4.32. The molecule has 0 fully saturated rings. The zero-order valence-corrected chi connectivity index (χ0v) is 14.3. The maximum Gasteiger partial charge on any atom is 0.119 e. The summed E-state index contributed by atoms with van der Waals surface area (Å²) in [6.45, 7) is 10.8. The minimum atomic E-state index is 0.574. The Morgan fingerprint density at radius 3 is 2.24 bits per heavy atom. The zero-order valence-electron chi connectivity index (χ0n) is 14.3. The summed E-state index contributed by atoms with van der Waals surface area (Å²) in [5, 5.41) is 3.64. The summed E-state index contributed by atoms with van der Waals surface area (Å²) in [5.74, 6) is 1.76. The molecule has 0 aliphatic heterocycles. The SMILES string of the molecule is CCCCCOc1ccc(CNC(C)C(CC)CC)cc1. The second-order valence-electron chi connectivity index (χ2n) is 5.95. The van der Waals surface area contributed by atoms with E-state index >= 15 is 0 Å². The monoisotopic (exact) mass is 291 g/mol. The fourth-order valence-electron chi connectivity index (χ4n) is 2.69. The van der Waals surface area contributed by atoms with E-state index in [1.807, 2.05) is 0 Å². The zero-order chi connectivity index (χ0) is 15.5. The van der Waals surface area contributed by atoms with E-state index in [1.165, 1.54) is 31.2 Å². The molecule has 1 rings (SSSR count). The van der Waals surface area contributed by atoms with E-state index in [0.29, 0.717) is 6.04 Å². The van der Waals surface area contributed by atoms with Crippen LogP contribution in [0, 0.1) is 5.92 Å². The molecule has 0 amide bonds. The second-order valence-corrected chi connectivity index (χ2v) is 5.95. The van der Waals surface area contributed by atoms with E-state index in [2.05, 4.69) is 57.3 Å². The Labute approximate surface area is 131 Å². The summed E-state index contributed by atoms with van der Waals surface area (Å²) in [5.41, 5.74) is 1.33. The van der Waals surface area contributed by atoms with Crippen molar-refractivity contribution in [3.63, 3.8) is 0 Å². The Kier molecular flexibility index (Phi) is 9.16. The molecule has 0 radical (unpaired) electrons. The van der Waals surface area contributed by atoms with Crippen molar-refractivity contribution in [1.29, 1.82) is 0 Å². The van der Waals surface area contributed by atoms with E-state index in [9.17, 15) is 0 Å². The summed E-state index contributed by atoms with van der Waals surface area (Å²) < 4.78 is 5.74. The first-order valence-corrected chi connectivity index (χ1v) is 8.66. The lowest BCUT2D eigenvalue weighted by Gasteiger charge is -2.22. The number of nitrogens with one attached hydrogen (secondary N) is 1. The van der Waals surface area contributed by atoms with Crippen molar-refractivity contribution in [2.45, 2.75) is 72.4 Å². The highest BCUT2D eigenvalue weighted by Gasteiger charge is 2.12. The summed E-state index contributed by atoms with van der Waals surface area (Å²) in [6, 6.07) is 9.09. The van der Waals surface area contributed by atoms with Gasteiger partial charge in [-0.1, -0.05) is 58.6 Å². The van der Waals surface area contributed by atoms with E-state index in [4.69, 9.17) is 4.74 Å². The summed E-state index contributed by atoms with van der Waals surface area (Å²) >= 11 is 0. The van der Waals surface area contributed by atoms with Gasteiger partial charge in [-0.25, -0.2) is 0 Å². The third-order valence-corrected chi connectivity index (χ3v) is 4.32. The van der Waals surface area contributed by atoms with Crippen LogP contribution in [-0.4, -0.2) is 12.6 Å². The summed E-state index contributed by atoms with van der Waals surface area (Å²) in [7, 11) is 0. The maximum absolute atomic E-state index is 5.74. The Balaban J connectivity index is 2.33. The van der Waals surface area contributed by atoms with Gasteiger partial charge in [0.05, 0.1) is 6.61 Å². The Morgan fingerprint density at radius 2 is 1.67 bits per heavy atom. The smallest absolute Gasteiger partial charge is 0.119 e. The molecule has 0 aliphatic carbocycles. The van der Waals surface area contributed by atoms with Crippen molar-refractivity contribution >= 4 is 0 Å². The first-order valence-electron chi connectivity index (χ1n) is 8.66. The molecule has 0 bridgehead atoms. The predicted octanol–water partition coefficient (Wildman–Crippen LogP) is 5.17. The van der Waals surface area contributed by atoms with Crippen molar-refractivity contribution in [3.05, 3.63) is 29.8 Å². The first-order chi connectivity index (χ1) is 10.2. The second kappa shape index (κ2) is 10.7. The van der Waals surface area contributed by atoms with Gasteiger partial charge in [0.15, 0.2) is 0 Å². The van der Waals surface area contributed by atoms with E-state index in [0.717, 1.165) is 31.2 Å². The lowest BCUT2D eigenvalue weighted by Crippen LogP contribution is -2.32. The van der Waals surface area contributed by atoms with Crippen molar-refractivity contribution in [2.75, 3.05) is 6.61 Å². The fraction of sp³-hybridized carbons (Fsp3) is 0.684. The van der Waals surface area contributed by atoms with Crippen LogP contribution in [0.2, 0.25) is 0 Å². The topological polar surface area (TPSA) is 21.3 Å². The molecule has 1 atom stereocenters. The van der Waals surface area contributed by atoms with Gasteiger partial charge in [-0.3, -0.25) is 0 Å². The van der Waals surface area contributed by atoms with Gasteiger partial charge in [-0.05, 0) is 37.0 Å². The summed E-state index contributed by atoms with van der Waals surface area (Å²) in [4.78, 5) is 0. The Morgan fingerprint density at radius 1 is 1.00 bits per heavy atom. The van der Waals surface area contributed by atoms with Crippen LogP contribution in [0.5, 0.6) is 5.75 Å². The molecule has 0 aromatic heterocycles. The van der Waals surface area contributed by atoms with Gasteiger partial charge in [-0.15, -0.1) is 0 Å². The fourth-order valence-corrected chi connectivity index (χ4v) is 2.69. The van der Waals surface area contributed by atoms with Crippen LogP contribution in [0.15, 0.2) is 24.3 Å². The number of benzene rings is 1. The average Bonchev–Trinajstić information content (AvgIpc) is 2.52. The van der Waals surface area contributed by atoms with Crippen molar-refractivity contribution in [2.24, 2.45) is 5.92 Å². The molecular formula is C19H33NO. The minimum absolute atomic E-state index is 0.574. The lowest BCUT2D eigenvalue weighted by molar-refractivity contribution is 0.306. The van der Waals surface area contributed by atoms with E-state index < -0.39 is 0 Å². The number of hydrogen-bond acceptors (Lipinski definition) is 2. The molecule has 1 aromatic carbocycles. The highest BCUT2D eigenvalue weighted by molar-refractivity contribution is 5.27. The number of unbranched alkanes of at least 4 members (excludes halogenated alkanes) is 2. The van der Waals surface area contributed by atoms with Crippen LogP contribution >= 0.6 is 0 Å². The number of hydrogen-bond donors (Lipinski definition) is 1. The standard InChI is InChI=1S/C19H33NO/c1-5-8-9-14-21-19-12-10-17(11-13-19)15-20-16(4)18(6-2)7-3/h10-13,16,18,20H,5-9,14-15H2,1-4H3. The minimum Gasteiger partial charge on any atom is -0.494 e. The predicted molar refractivity (Wildman–Crippen MR) is 91.8 cm³/mol. The quantitative estimate of drug-likeness (QED) is 0.568. The molecule has 2 nitrogen and oxygen atoms in total.